The number of nitrogens with one attached hydrogen (secondary N) is 3. The first-order chi connectivity index (χ1) is 10.8. The molecule has 0 unspecified atom stereocenters. The molecule has 0 aliphatic rings. The second kappa shape index (κ2) is 8.99. The number of hydrogen-bond acceptors (Lipinski definition) is 4. The fourth-order valence-corrected chi connectivity index (χ4v) is 2.38. The Labute approximate surface area is 137 Å². The van der Waals surface area contributed by atoms with Gasteiger partial charge in [-0.15, -0.1) is 11.8 Å². The van der Waals surface area contributed by atoms with Crippen molar-refractivity contribution < 1.29 is 18.8 Å². The topological polar surface area (TPSA) is 113 Å². The van der Waals surface area contributed by atoms with Crippen LogP contribution in [0.3, 0.4) is 0 Å². The second-order valence-electron chi connectivity index (χ2n) is 4.99. The van der Waals surface area contributed by atoms with Gasteiger partial charge in [0.25, 0.3) is 5.91 Å². The number of benzene rings is 1. The number of hydrazine groups is 1. The van der Waals surface area contributed by atoms with Crippen molar-refractivity contribution in [2.75, 3.05) is 5.75 Å². The molecule has 4 amide bonds. The van der Waals surface area contributed by atoms with E-state index in [2.05, 4.69) is 16.2 Å². The van der Waals surface area contributed by atoms with Gasteiger partial charge in [-0.3, -0.25) is 20.4 Å². The highest BCUT2D eigenvalue weighted by atomic mass is 32.2. The highest BCUT2D eigenvalue weighted by Gasteiger charge is 2.23. The lowest BCUT2D eigenvalue weighted by Gasteiger charge is -2.20. The quantitative estimate of drug-likeness (QED) is 0.451. The van der Waals surface area contributed by atoms with Crippen LogP contribution >= 0.6 is 11.8 Å². The molecule has 0 saturated heterocycles. The molecule has 5 N–H and O–H groups in total. The zero-order chi connectivity index (χ0) is 17.4. The zero-order valence-corrected chi connectivity index (χ0v) is 13.6. The number of carbonyl (C=O) groups excluding carboxylic acids is 3. The molecule has 0 radical (unpaired) electrons. The Kier molecular flexibility index (Phi) is 7.33. The smallest absolute Gasteiger partial charge is 0.312 e. The number of thioether (sulfide) groups is 1. The van der Waals surface area contributed by atoms with E-state index in [1.165, 1.54) is 6.07 Å². The average molecular weight is 342 g/mol. The standard InChI is InChI=1S/C14H19FN4O3S/c1-8(2)12(17-14(16)22)13(21)19-18-11(20)7-23-10-6-4-3-5-9(10)15/h3-6,8,12H,7H2,1-2H3,(H,18,20)(H,19,21)(H3,16,17,22)/t12-/m0/s1. The van der Waals surface area contributed by atoms with Crippen LogP contribution in [0.4, 0.5) is 9.18 Å². The minimum atomic E-state index is -0.868. The molecule has 1 aromatic carbocycles. The molecule has 0 aromatic heterocycles. The summed E-state index contributed by atoms with van der Waals surface area (Å²) < 4.78 is 13.4. The Balaban J connectivity index is 2.44. The van der Waals surface area contributed by atoms with E-state index in [1.807, 2.05) is 0 Å². The lowest BCUT2D eigenvalue weighted by Crippen LogP contribution is -2.55. The number of urea groups is 1. The van der Waals surface area contributed by atoms with Gasteiger partial charge in [0.15, 0.2) is 0 Å². The van der Waals surface area contributed by atoms with E-state index in [9.17, 15) is 18.8 Å². The van der Waals surface area contributed by atoms with Crippen molar-refractivity contribution in [3.05, 3.63) is 30.1 Å². The van der Waals surface area contributed by atoms with Gasteiger partial charge < -0.3 is 11.1 Å². The summed E-state index contributed by atoms with van der Waals surface area (Å²) in [6.45, 7) is 3.44. The fourth-order valence-electron chi connectivity index (χ4n) is 1.64. The lowest BCUT2D eigenvalue weighted by molar-refractivity contribution is -0.129. The summed E-state index contributed by atoms with van der Waals surface area (Å²) in [6, 6.07) is 4.36. The van der Waals surface area contributed by atoms with Crippen LogP contribution in [0, 0.1) is 11.7 Å². The molecular weight excluding hydrogens is 323 g/mol. The highest BCUT2D eigenvalue weighted by molar-refractivity contribution is 8.00. The van der Waals surface area contributed by atoms with Crippen LogP contribution in [0.1, 0.15) is 13.8 Å². The van der Waals surface area contributed by atoms with Crippen molar-refractivity contribution in [1.82, 2.24) is 16.2 Å². The van der Waals surface area contributed by atoms with Crippen LogP contribution < -0.4 is 21.9 Å². The normalized spacial score (nSPS) is 11.7. The number of rotatable bonds is 6. The Morgan fingerprint density at radius 3 is 2.43 bits per heavy atom. The summed E-state index contributed by atoms with van der Waals surface area (Å²) >= 11 is 1.00. The van der Waals surface area contributed by atoms with Crippen molar-refractivity contribution in [1.29, 1.82) is 0 Å². The van der Waals surface area contributed by atoms with E-state index in [0.29, 0.717) is 4.90 Å². The maximum absolute atomic E-state index is 13.4. The fraction of sp³-hybridized carbons (Fsp3) is 0.357. The molecule has 0 aliphatic carbocycles. The second-order valence-corrected chi connectivity index (χ2v) is 6.00. The van der Waals surface area contributed by atoms with E-state index in [0.717, 1.165) is 11.8 Å². The highest BCUT2D eigenvalue weighted by Crippen LogP contribution is 2.20. The summed E-state index contributed by atoms with van der Waals surface area (Å²) in [5, 5.41) is 2.29. The van der Waals surface area contributed by atoms with E-state index >= 15 is 0 Å². The molecule has 1 aromatic rings. The van der Waals surface area contributed by atoms with Crippen molar-refractivity contribution >= 4 is 29.6 Å². The van der Waals surface area contributed by atoms with Gasteiger partial charge in [-0.2, -0.15) is 0 Å². The predicted octanol–water partition coefficient (Wildman–Crippen LogP) is 0.758. The first kappa shape index (κ1) is 18.8. The number of halogens is 1. The number of hydrogen-bond donors (Lipinski definition) is 4. The molecular formula is C14H19FN4O3S. The summed E-state index contributed by atoms with van der Waals surface area (Å²) in [7, 11) is 0. The van der Waals surface area contributed by atoms with Gasteiger partial charge in [0.2, 0.25) is 5.91 Å². The van der Waals surface area contributed by atoms with Crippen LogP contribution in [0.2, 0.25) is 0 Å². The molecule has 23 heavy (non-hydrogen) atoms. The summed E-state index contributed by atoms with van der Waals surface area (Å²) in [6.07, 6.45) is 0. The van der Waals surface area contributed by atoms with Crippen molar-refractivity contribution in [3.63, 3.8) is 0 Å². The molecule has 0 aliphatic heterocycles. The summed E-state index contributed by atoms with van der Waals surface area (Å²) in [5.41, 5.74) is 9.41. The van der Waals surface area contributed by atoms with Crippen LogP contribution in [0.5, 0.6) is 0 Å². The maximum Gasteiger partial charge on any atom is 0.312 e. The van der Waals surface area contributed by atoms with Crippen LogP contribution in [-0.2, 0) is 9.59 Å². The Morgan fingerprint density at radius 1 is 1.22 bits per heavy atom. The number of primary amides is 1. The molecule has 0 spiro atoms. The number of amides is 4. The van der Waals surface area contributed by atoms with E-state index in [1.54, 1.807) is 32.0 Å². The SMILES string of the molecule is CC(C)[C@H](NC(N)=O)C(=O)NNC(=O)CSc1ccccc1F. The average Bonchev–Trinajstić information content (AvgIpc) is 2.49. The van der Waals surface area contributed by atoms with Gasteiger partial charge in [-0.25, -0.2) is 9.18 Å². The zero-order valence-electron chi connectivity index (χ0n) is 12.8. The third-order valence-electron chi connectivity index (χ3n) is 2.77. The van der Waals surface area contributed by atoms with E-state index in [-0.39, 0.29) is 11.7 Å². The van der Waals surface area contributed by atoms with Gasteiger partial charge in [0.1, 0.15) is 11.9 Å². The van der Waals surface area contributed by atoms with Crippen LogP contribution in [-0.4, -0.2) is 29.6 Å². The van der Waals surface area contributed by atoms with Crippen LogP contribution in [0.15, 0.2) is 29.2 Å². The van der Waals surface area contributed by atoms with Gasteiger partial charge in [0, 0.05) is 4.90 Å². The minimum Gasteiger partial charge on any atom is -0.352 e. The molecule has 1 atom stereocenters. The predicted molar refractivity (Wildman–Crippen MR) is 84.8 cm³/mol. The van der Waals surface area contributed by atoms with Crippen molar-refractivity contribution in [2.45, 2.75) is 24.8 Å². The Hall–Kier alpha value is -2.29. The van der Waals surface area contributed by atoms with Gasteiger partial charge in [-0.05, 0) is 18.1 Å². The summed E-state index contributed by atoms with van der Waals surface area (Å²) in [5.74, 6) is -1.81. The maximum atomic E-state index is 13.4. The monoisotopic (exact) mass is 342 g/mol. The molecule has 0 saturated carbocycles. The molecule has 126 valence electrons. The Bertz CT molecular complexity index is 583. The number of nitrogens with two attached hydrogens (primary N) is 1. The molecule has 7 nitrogen and oxygen atoms in total. The van der Waals surface area contributed by atoms with Gasteiger partial charge in [-0.1, -0.05) is 26.0 Å². The van der Waals surface area contributed by atoms with Crippen LogP contribution in [0.25, 0.3) is 0 Å². The van der Waals surface area contributed by atoms with Gasteiger partial charge >= 0.3 is 6.03 Å². The summed E-state index contributed by atoms with van der Waals surface area (Å²) in [4.78, 5) is 34.7. The molecule has 9 heteroatoms. The van der Waals surface area contributed by atoms with Gasteiger partial charge in [0.05, 0.1) is 5.75 Å². The largest absolute Gasteiger partial charge is 0.352 e. The van der Waals surface area contributed by atoms with E-state index < -0.39 is 29.7 Å². The van der Waals surface area contributed by atoms with E-state index in [4.69, 9.17) is 5.73 Å². The Morgan fingerprint density at radius 2 is 1.87 bits per heavy atom. The lowest BCUT2D eigenvalue weighted by atomic mass is 10.0. The molecule has 0 heterocycles. The van der Waals surface area contributed by atoms with Crippen molar-refractivity contribution in [3.8, 4) is 0 Å². The number of carbonyl (C=O) groups is 3. The third kappa shape index (κ3) is 6.55. The first-order valence-electron chi connectivity index (χ1n) is 6.83. The molecule has 0 fully saturated rings. The third-order valence-corrected chi connectivity index (χ3v) is 3.82. The van der Waals surface area contributed by atoms with Crippen molar-refractivity contribution in [2.24, 2.45) is 11.7 Å². The molecule has 0 bridgehead atoms. The first-order valence-corrected chi connectivity index (χ1v) is 7.81. The minimum absolute atomic E-state index is 0.0726. The molecule has 1 rings (SSSR count).